The normalized spacial score (nSPS) is 25.0. The molecule has 4 saturated heterocycles. The van der Waals surface area contributed by atoms with Crippen molar-refractivity contribution >= 4 is 23.9 Å². The number of ether oxygens (including phenoxy) is 4. The number of likely N-dealkylation sites (tertiary alicyclic amines) is 4. The van der Waals surface area contributed by atoms with Crippen molar-refractivity contribution in [2.45, 2.75) is 234 Å². The van der Waals surface area contributed by atoms with Crippen LogP contribution < -0.4 is 0 Å². The lowest BCUT2D eigenvalue weighted by Crippen LogP contribution is -2.59. The van der Waals surface area contributed by atoms with E-state index < -0.39 is 73.6 Å². The molecule has 0 N–H and O–H groups in total. The summed E-state index contributed by atoms with van der Waals surface area (Å²) in [6.07, 6.45) is 3.37. The molecular weight excluding hydrogens is 821 g/mol. The highest BCUT2D eigenvalue weighted by molar-refractivity contribution is 5.75. The second kappa shape index (κ2) is 17.6. The Morgan fingerprint density at radius 3 is 0.554 bits per heavy atom. The average Bonchev–Trinajstić information content (AvgIpc) is 3.10. The van der Waals surface area contributed by atoms with Gasteiger partial charge in [0.05, 0.1) is 0 Å². The third kappa shape index (κ3) is 10.6. The van der Waals surface area contributed by atoms with Crippen molar-refractivity contribution in [3.8, 4) is 0 Å². The van der Waals surface area contributed by atoms with Crippen LogP contribution in [0.25, 0.3) is 0 Å². The van der Waals surface area contributed by atoms with Gasteiger partial charge in [-0.3, -0.25) is 38.8 Å². The molecule has 0 radical (unpaired) electrons. The number of nitrogens with zero attached hydrogens (tertiary/aromatic N) is 4. The third-order valence-electron chi connectivity index (χ3n) is 16.1. The number of esters is 4. The maximum Gasteiger partial charge on any atom is 0.307 e. The fourth-order valence-corrected chi connectivity index (χ4v) is 12.1. The first-order chi connectivity index (χ1) is 29.1. The molecule has 0 atom stereocenters. The maximum absolute atomic E-state index is 14.3. The molecule has 0 aromatic heterocycles. The molecule has 0 aromatic rings. The van der Waals surface area contributed by atoms with Crippen molar-refractivity contribution in [1.82, 2.24) is 19.6 Å². The molecule has 4 rings (SSSR count). The summed E-state index contributed by atoms with van der Waals surface area (Å²) >= 11 is 0. The Bertz CT molecular complexity index is 1700. The Morgan fingerprint density at radius 1 is 0.323 bits per heavy atom. The number of hydrogen-bond donors (Lipinski definition) is 0. The second-order valence-corrected chi connectivity index (χ2v) is 25.0. The van der Waals surface area contributed by atoms with Gasteiger partial charge in [0.1, 0.15) is 23.0 Å². The number of carbonyl (C=O) groups is 4. The smallest absolute Gasteiger partial charge is 0.307 e. The lowest BCUT2D eigenvalue weighted by Gasteiger charge is -2.55. The molecule has 4 aliphatic heterocycles. The van der Waals surface area contributed by atoms with Gasteiger partial charge in [0.25, 0.3) is 0 Å². The number of hydrogen-bond acceptors (Lipinski definition) is 12. The summed E-state index contributed by atoms with van der Waals surface area (Å²) in [4.78, 5) is 66.5. The Labute approximate surface area is 393 Å². The van der Waals surface area contributed by atoms with E-state index in [0.717, 1.165) is 22.3 Å². The van der Waals surface area contributed by atoms with Crippen LogP contribution in [0.3, 0.4) is 0 Å². The van der Waals surface area contributed by atoms with Gasteiger partial charge in [-0.25, -0.2) is 0 Å². The van der Waals surface area contributed by atoms with E-state index in [0.29, 0.717) is 51.4 Å². The number of piperidine rings is 4. The lowest BCUT2D eigenvalue weighted by molar-refractivity contribution is -0.145. The first-order valence-electron chi connectivity index (χ1n) is 23.7. The van der Waals surface area contributed by atoms with Crippen molar-refractivity contribution in [3.05, 3.63) is 45.3 Å². The molecule has 4 aliphatic rings. The van der Waals surface area contributed by atoms with Crippen LogP contribution in [0, 0.1) is 5.41 Å². The van der Waals surface area contributed by atoms with E-state index in [-0.39, 0.29) is 23.0 Å². The zero-order valence-corrected chi connectivity index (χ0v) is 45.2. The molecule has 0 aromatic carbocycles. The maximum atomic E-state index is 14.3. The van der Waals surface area contributed by atoms with Gasteiger partial charge in [-0.15, -0.1) is 0 Å². The van der Waals surface area contributed by atoms with Crippen molar-refractivity contribution in [1.29, 1.82) is 0 Å². The van der Waals surface area contributed by atoms with Gasteiger partial charge in [-0.2, -0.15) is 0 Å². The van der Waals surface area contributed by atoms with Crippen LogP contribution in [0.15, 0.2) is 45.3 Å². The van der Waals surface area contributed by atoms with Crippen LogP contribution in [0.2, 0.25) is 0 Å². The first-order valence-corrected chi connectivity index (χ1v) is 23.7. The van der Waals surface area contributed by atoms with Gasteiger partial charge in [-0.05, 0) is 213 Å². The highest BCUT2D eigenvalue weighted by Crippen LogP contribution is 2.62. The third-order valence-corrected chi connectivity index (χ3v) is 16.1. The molecule has 65 heavy (non-hydrogen) atoms. The molecule has 0 saturated carbocycles. The monoisotopic (exact) mass is 909 g/mol. The Hall–Kier alpha value is -3.32. The fourth-order valence-electron chi connectivity index (χ4n) is 12.1. The molecule has 4 fully saturated rings. The number of carbonyl (C=O) groups excluding carboxylic acids is 4. The van der Waals surface area contributed by atoms with Crippen molar-refractivity contribution < 1.29 is 38.1 Å². The summed E-state index contributed by atoms with van der Waals surface area (Å²) in [5, 5.41) is 0. The van der Waals surface area contributed by atoms with Crippen LogP contribution >= 0.6 is 0 Å². The van der Waals surface area contributed by atoms with Gasteiger partial charge < -0.3 is 18.9 Å². The molecule has 368 valence electrons. The molecule has 4 heterocycles. The molecular formula is C53H88N4O8. The van der Waals surface area contributed by atoms with Crippen LogP contribution in [0.1, 0.15) is 190 Å². The summed E-state index contributed by atoms with van der Waals surface area (Å²) < 4.78 is 27.7. The van der Waals surface area contributed by atoms with Crippen LogP contribution in [0.4, 0.5) is 0 Å². The molecule has 0 spiro atoms. The van der Waals surface area contributed by atoms with E-state index in [1.807, 2.05) is 0 Å². The van der Waals surface area contributed by atoms with E-state index in [1.54, 1.807) is 0 Å². The van der Waals surface area contributed by atoms with Crippen LogP contribution in [-0.2, 0) is 38.1 Å². The summed E-state index contributed by atoms with van der Waals surface area (Å²) in [6, 6.07) is 0. The largest absolute Gasteiger partial charge is 0.429 e. The zero-order chi connectivity index (χ0) is 50.2. The topological polar surface area (TPSA) is 118 Å². The highest BCUT2D eigenvalue weighted by Gasteiger charge is 2.62. The predicted octanol–water partition coefficient (Wildman–Crippen LogP) is 10.4. The SMILES string of the molecule is CC(=O)OC(=C1CC(C)(C)N(C)C(C)(C)C1)C(C(OC(C)=O)=C1CC(C)(C)N(C)C(C)(C)C1)(C(OC(C)=O)=C1CC(C)(C)N(C)C(C)(C)C1)C(OC(C)=O)=C1CC(C)(C)N(C)C(C)(C)C1. The second-order valence-electron chi connectivity index (χ2n) is 25.0. The van der Waals surface area contributed by atoms with Crippen LogP contribution in [-0.4, -0.2) is 116 Å². The van der Waals surface area contributed by atoms with Gasteiger partial charge in [0.2, 0.25) is 5.41 Å². The van der Waals surface area contributed by atoms with Gasteiger partial charge in [0, 0.05) is 72.0 Å². The van der Waals surface area contributed by atoms with Crippen molar-refractivity contribution in [2.75, 3.05) is 28.2 Å². The Morgan fingerprint density at radius 2 is 0.446 bits per heavy atom. The first kappa shape index (κ1) is 54.3. The lowest BCUT2D eigenvalue weighted by atomic mass is 9.64. The predicted molar refractivity (Wildman–Crippen MR) is 258 cm³/mol. The highest BCUT2D eigenvalue weighted by atomic mass is 16.6. The minimum atomic E-state index is -2.10. The summed E-state index contributed by atoms with van der Waals surface area (Å²) in [5.41, 5.74) is -2.95. The summed E-state index contributed by atoms with van der Waals surface area (Å²) in [5.74, 6) is -1.87. The van der Waals surface area contributed by atoms with Crippen molar-refractivity contribution in [2.24, 2.45) is 5.41 Å². The van der Waals surface area contributed by atoms with E-state index in [2.05, 4.69) is 159 Å². The van der Waals surface area contributed by atoms with E-state index >= 15 is 0 Å². The van der Waals surface area contributed by atoms with E-state index in [9.17, 15) is 19.2 Å². The summed E-state index contributed by atoms with van der Waals surface area (Å²) in [7, 11) is 8.42. The van der Waals surface area contributed by atoms with Gasteiger partial charge >= 0.3 is 23.9 Å². The Kier molecular flexibility index (Phi) is 14.7. The van der Waals surface area contributed by atoms with Crippen molar-refractivity contribution in [3.63, 3.8) is 0 Å². The van der Waals surface area contributed by atoms with E-state index in [1.165, 1.54) is 27.7 Å². The minimum Gasteiger partial charge on any atom is -0.429 e. The molecule has 0 amide bonds. The minimum absolute atomic E-state index is 0.147. The molecule has 12 nitrogen and oxygen atoms in total. The fraction of sp³-hybridized carbons (Fsp3) is 0.774. The van der Waals surface area contributed by atoms with Gasteiger partial charge in [0.15, 0.2) is 0 Å². The standard InChI is InChI=1S/C53H88N4O8/c1-33(58)62-41(37-25-45(5,6)54(21)46(7,8)26-37)53(42(63-34(2)59)38-27-47(9,10)55(22)48(11,12)28-38,43(64-35(3)60)39-29-49(13,14)56(23)50(15,16)30-39)44(65-36(4)61)40-31-51(17,18)57(24)52(19,20)32-40/h25-32H2,1-24H3. The quantitative estimate of drug-likeness (QED) is 0.131. The Balaban J connectivity index is 2.67. The average molecular weight is 909 g/mol. The van der Waals surface area contributed by atoms with Gasteiger partial charge in [-0.1, -0.05) is 0 Å². The van der Waals surface area contributed by atoms with E-state index in [4.69, 9.17) is 18.9 Å². The molecule has 0 bridgehead atoms. The summed E-state index contributed by atoms with van der Waals surface area (Å²) in [6.45, 7) is 40.1. The molecule has 0 unspecified atom stereocenters. The molecule has 12 heteroatoms. The number of rotatable bonds is 8. The van der Waals surface area contributed by atoms with Crippen LogP contribution in [0.5, 0.6) is 0 Å². The molecule has 0 aliphatic carbocycles. The zero-order valence-electron chi connectivity index (χ0n) is 45.2.